The van der Waals surface area contributed by atoms with Crippen molar-refractivity contribution in [2.45, 2.75) is 52.0 Å². The molecule has 1 unspecified atom stereocenters. The molecule has 2 fully saturated rings. The second-order valence-electron chi connectivity index (χ2n) is 9.75. The molecule has 186 valence electrons. The van der Waals surface area contributed by atoms with E-state index < -0.39 is 11.6 Å². The Bertz CT molecular complexity index is 1060. The predicted octanol–water partition coefficient (Wildman–Crippen LogP) is 4.03. The van der Waals surface area contributed by atoms with E-state index in [-0.39, 0.29) is 18.4 Å². The number of likely N-dealkylation sites (tertiary alicyclic amines) is 1. The first-order chi connectivity index (χ1) is 16.8. The third-order valence-electron chi connectivity index (χ3n) is 7.24. The van der Waals surface area contributed by atoms with E-state index >= 15 is 0 Å². The summed E-state index contributed by atoms with van der Waals surface area (Å²) >= 11 is 0. The van der Waals surface area contributed by atoms with Gasteiger partial charge in [-0.1, -0.05) is 42.0 Å². The van der Waals surface area contributed by atoms with Gasteiger partial charge in [-0.3, -0.25) is 14.5 Å². The second kappa shape index (κ2) is 10.5. The zero-order chi connectivity index (χ0) is 25.0. The van der Waals surface area contributed by atoms with Crippen molar-refractivity contribution >= 4 is 17.8 Å². The minimum Gasteiger partial charge on any atom is -0.494 e. The molecule has 2 saturated heterocycles. The van der Waals surface area contributed by atoms with Crippen molar-refractivity contribution in [3.63, 3.8) is 0 Å². The number of nitrogens with one attached hydrogen (secondary N) is 1. The van der Waals surface area contributed by atoms with Gasteiger partial charge in [-0.15, -0.1) is 0 Å². The summed E-state index contributed by atoms with van der Waals surface area (Å²) in [7, 11) is 0. The maximum atomic E-state index is 13.1. The number of benzene rings is 2. The third kappa shape index (κ3) is 5.50. The van der Waals surface area contributed by atoms with Crippen molar-refractivity contribution in [2.75, 3.05) is 26.2 Å². The van der Waals surface area contributed by atoms with Gasteiger partial charge >= 0.3 is 6.03 Å². The van der Waals surface area contributed by atoms with Crippen molar-refractivity contribution in [3.8, 4) is 5.75 Å². The minimum atomic E-state index is -1.15. The van der Waals surface area contributed by atoms with Crippen LogP contribution >= 0.6 is 0 Å². The molecule has 7 heteroatoms. The molecule has 2 aromatic carbocycles. The molecule has 0 spiro atoms. The zero-order valence-corrected chi connectivity index (χ0v) is 20.9. The van der Waals surface area contributed by atoms with E-state index in [9.17, 15) is 14.4 Å². The van der Waals surface area contributed by atoms with Gasteiger partial charge in [-0.05, 0) is 75.6 Å². The second-order valence-corrected chi connectivity index (χ2v) is 9.75. The number of nitrogens with zero attached hydrogens (tertiary/aromatic N) is 2. The molecule has 0 bridgehead atoms. The van der Waals surface area contributed by atoms with Crippen LogP contribution in [-0.4, -0.2) is 53.9 Å². The standard InChI is InChI=1S/C28H35N3O4/c1-4-35-24-13-9-21(10-14-24)7-8-22-15-17-30(18-16-22)25(32)19-31-26(33)28(3,29-27(31)34)23-11-5-20(2)6-12-23/h5-6,9-14,22H,4,7-8,15-19H2,1-3H3,(H,29,34). The number of carbonyl (C=O) groups excluding carboxylic acids is 3. The lowest BCUT2D eigenvalue weighted by molar-refractivity contribution is -0.139. The molecule has 0 aromatic heterocycles. The Hall–Kier alpha value is -3.35. The maximum Gasteiger partial charge on any atom is 0.325 e. The number of piperidine rings is 1. The number of rotatable bonds is 8. The van der Waals surface area contributed by atoms with Crippen LogP contribution < -0.4 is 10.1 Å². The summed E-state index contributed by atoms with van der Waals surface area (Å²) in [4.78, 5) is 41.5. The van der Waals surface area contributed by atoms with E-state index in [1.807, 2.05) is 50.2 Å². The number of carbonyl (C=O) groups is 3. The smallest absolute Gasteiger partial charge is 0.325 e. The molecule has 0 radical (unpaired) electrons. The van der Waals surface area contributed by atoms with Crippen LogP contribution in [0.4, 0.5) is 4.79 Å². The van der Waals surface area contributed by atoms with Crippen LogP contribution in [-0.2, 0) is 21.5 Å². The summed E-state index contributed by atoms with van der Waals surface area (Å²) in [5, 5.41) is 2.78. The lowest BCUT2D eigenvalue weighted by atomic mass is 9.90. The normalized spacial score (nSPS) is 20.8. The number of aryl methyl sites for hydroxylation is 2. The molecule has 2 heterocycles. The van der Waals surface area contributed by atoms with Crippen LogP contribution in [0, 0.1) is 12.8 Å². The topological polar surface area (TPSA) is 79.0 Å². The average molecular weight is 478 g/mol. The van der Waals surface area contributed by atoms with Gasteiger partial charge in [0.05, 0.1) is 6.61 Å². The molecular weight excluding hydrogens is 442 g/mol. The van der Waals surface area contributed by atoms with Crippen molar-refractivity contribution in [3.05, 3.63) is 65.2 Å². The van der Waals surface area contributed by atoms with E-state index in [1.165, 1.54) is 5.56 Å². The molecule has 35 heavy (non-hydrogen) atoms. The van der Waals surface area contributed by atoms with Crippen LogP contribution in [0.1, 0.15) is 49.8 Å². The van der Waals surface area contributed by atoms with E-state index in [4.69, 9.17) is 4.74 Å². The highest BCUT2D eigenvalue weighted by molar-refractivity contribution is 6.09. The molecule has 2 aromatic rings. The van der Waals surface area contributed by atoms with Gasteiger partial charge in [-0.25, -0.2) is 4.79 Å². The summed E-state index contributed by atoms with van der Waals surface area (Å²) in [6, 6.07) is 15.3. The lowest BCUT2D eigenvalue weighted by Crippen LogP contribution is -2.46. The van der Waals surface area contributed by atoms with Crippen molar-refractivity contribution < 1.29 is 19.1 Å². The van der Waals surface area contributed by atoms with Gasteiger partial charge in [0.15, 0.2) is 0 Å². The number of imide groups is 1. The van der Waals surface area contributed by atoms with Gasteiger partial charge in [0, 0.05) is 13.1 Å². The number of urea groups is 1. The summed E-state index contributed by atoms with van der Waals surface area (Å²) in [5.74, 6) is 0.899. The number of amides is 4. The predicted molar refractivity (Wildman–Crippen MR) is 134 cm³/mol. The first kappa shape index (κ1) is 24.8. The first-order valence-corrected chi connectivity index (χ1v) is 12.5. The summed E-state index contributed by atoms with van der Waals surface area (Å²) in [5.41, 5.74) is 1.93. The molecule has 2 aliphatic rings. The largest absolute Gasteiger partial charge is 0.494 e. The van der Waals surface area contributed by atoms with Gasteiger partial charge in [-0.2, -0.15) is 0 Å². The molecule has 7 nitrogen and oxygen atoms in total. The van der Waals surface area contributed by atoms with Crippen LogP contribution in [0.3, 0.4) is 0 Å². The minimum absolute atomic E-state index is 0.174. The van der Waals surface area contributed by atoms with Crippen molar-refractivity contribution in [1.82, 2.24) is 15.1 Å². The lowest BCUT2D eigenvalue weighted by Gasteiger charge is -2.33. The summed E-state index contributed by atoms with van der Waals surface area (Å²) in [6.45, 7) is 7.40. The fourth-order valence-electron chi connectivity index (χ4n) is 4.92. The van der Waals surface area contributed by atoms with E-state index in [1.54, 1.807) is 11.8 Å². The summed E-state index contributed by atoms with van der Waals surface area (Å²) in [6.07, 6.45) is 3.96. The maximum absolute atomic E-state index is 13.1. The van der Waals surface area contributed by atoms with Gasteiger partial charge in [0.25, 0.3) is 5.91 Å². The Morgan fingerprint density at radius 1 is 1.06 bits per heavy atom. The SMILES string of the molecule is CCOc1ccc(CCC2CCN(C(=O)CN3C(=O)NC(C)(c4ccc(C)cc4)C3=O)CC2)cc1. The Balaban J connectivity index is 1.26. The van der Waals surface area contributed by atoms with Crippen LogP contribution in [0.2, 0.25) is 0 Å². The van der Waals surface area contributed by atoms with Gasteiger partial charge < -0.3 is 15.0 Å². The van der Waals surface area contributed by atoms with E-state index in [2.05, 4.69) is 17.4 Å². The average Bonchev–Trinajstić information content (AvgIpc) is 3.08. The molecule has 4 amide bonds. The molecular formula is C28H35N3O4. The Morgan fingerprint density at radius 3 is 2.34 bits per heavy atom. The van der Waals surface area contributed by atoms with E-state index in [0.29, 0.717) is 31.2 Å². The molecule has 0 saturated carbocycles. The molecule has 2 aliphatic heterocycles. The third-order valence-corrected chi connectivity index (χ3v) is 7.24. The molecule has 4 rings (SSSR count). The number of hydrogen-bond acceptors (Lipinski definition) is 4. The van der Waals surface area contributed by atoms with Crippen molar-refractivity contribution in [1.29, 1.82) is 0 Å². The molecule has 1 N–H and O–H groups in total. The van der Waals surface area contributed by atoms with Crippen LogP contribution in [0.15, 0.2) is 48.5 Å². The Labute approximate surface area is 207 Å². The zero-order valence-electron chi connectivity index (χ0n) is 20.9. The fraction of sp³-hybridized carbons (Fsp3) is 0.464. The monoisotopic (exact) mass is 477 g/mol. The van der Waals surface area contributed by atoms with Gasteiger partial charge in [0.2, 0.25) is 5.91 Å². The first-order valence-electron chi connectivity index (χ1n) is 12.5. The highest BCUT2D eigenvalue weighted by Crippen LogP contribution is 2.29. The number of ether oxygens (including phenoxy) is 1. The van der Waals surface area contributed by atoms with E-state index in [0.717, 1.165) is 41.9 Å². The van der Waals surface area contributed by atoms with Gasteiger partial charge in [0.1, 0.15) is 17.8 Å². The fourth-order valence-corrected chi connectivity index (χ4v) is 4.92. The molecule has 1 atom stereocenters. The Kier molecular flexibility index (Phi) is 7.43. The summed E-state index contributed by atoms with van der Waals surface area (Å²) < 4.78 is 5.50. The molecule has 0 aliphatic carbocycles. The highest BCUT2D eigenvalue weighted by atomic mass is 16.5. The van der Waals surface area contributed by atoms with Crippen LogP contribution in [0.25, 0.3) is 0 Å². The quantitative estimate of drug-likeness (QED) is 0.582. The number of hydrogen-bond donors (Lipinski definition) is 1. The highest BCUT2D eigenvalue weighted by Gasteiger charge is 2.49. The van der Waals surface area contributed by atoms with Crippen molar-refractivity contribution in [2.24, 2.45) is 5.92 Å². The Morgan fingerprint density at radius 2 is 1.71 bits per heavy atom. The van der Waals surface area contributed by atoms with Crippen LogP contribution in [0.5, 0.6) is 5.75 Å².